The molecule has 2 spiro atoms. The van der Waals surface area contributed by atoms with Crippen LogP contribution in [0.4, 0.5) is 0 Å². The van der Waals surface area contributed by atoms with Gasteiger partial charge in [0.15, 0.2) is 5.78 Å². The van der Waals surface area contributed by atoms with Gasteiger partial charge >= 0.3 is 11.9 Å². The molecule has 6 heteroatoms. The number of fused-ring (bicyclic) bond motifs is 1. The van der Waals surface area contributed by atoms with Crippen molar-refractivity contribution in [3.05, 3.63) is 0 Å². The third-order valence-electron chi connectivity index (χ3n) is 8.71. The number of cyclic esters (lactones) is 1. The Hall–Kier alpha value is -1.43. The predicted octanol–water partition coefficient (Wildman–Crippen LogP) is 1.48. The second-order valence-corrected chi connectivity index (χ2v) is 9.84. The van der Waals surface area contributed by atoms with E-state index in [0.29, 0.717) is 12.8 Å². The monoisotopic (exact) mass is 362 g/mol. The van der Waals surface area contributed by atoms with Crippen LogP contribution in [-0.4, -0.2) is 41.6 Å². The number of rotatable bonds is 0. The fraction of sp³-hybridized carbons (Fsp3) is 0.850. The lowest BCUT2D eigenvalue weighted by molar-refractivity contribution is -0.245. The fourth-order valence-electron chi connectivity index (χ4n) is 7.35. The van der Waals surface area contributed by atoms with Crippen LogP contribution in [0.2, 0.25) is 0 Å². The highest BCUT2D eigenvalue weighted by Crippen LogP contribution is 2.70. The third kappa shape index (κ3) is 1.54. The van der Waals surface area contributed by atoms with Crippen LogP contribution in [0, 0.1) is 39.9 Å². The summed E-state index contributed by atoms with van der Waals surface area (Å²) in [4.78, 5) is 39.1. The highest BCUT2D eigenvalue weighted by atomic mass is 16.6. The van der Waals surface area contributed by atoms with E-state index in [-0.39, 0.29) is 36.1 Å². The molecule has 26 heavy (non-hydrogen) atoms. The lowest BCUT2D eigenvalue weighted by Crippen LogP contribution is -2.70. The summed E-state index contributed by atoms with van der Waals surface area (Å²) < 4.78 is 11.4. The first kappa shape index (κ1) is 16.7. The van der Waals surface area contributed by atoms with E-state index < -0.39 is 40.3 Å². The zero-order valence-corrected chi connectivity index (χ0v) is 15.5. The Bertz CT molecular complexity index is 728. The van der Waals surface area contributed by atoms with Crippen LogP contribution in [0.15, 0.2) is 0 Å². The summed E-state index contributed by atoms with van der Waals surface area (Å²) in [5.74, 6) is -1.48. The zero-order valence-electron chi connectivity index (χ0n) is 15.5. The molecule has 0 radical (unpaired) electrons. The van der Waals surface area contributed by atoms with Gasteiger partial charge in [-0.25, -0.2) is 0 Å². The van der Waals surface area contributed by atoms with Crippen molar-refractivity contribution in [2.75, 3.05) is 6.61 Å². The third-order valence-corrected chi connectivity index (χ3v) is 8.71. The van der Waals surface area contributed by atoms with E-state index in [1.807, 2.05) is 20.8 Å². The molecule has 3 aliphatic carbocycles. The first-order chi connectivity index (χ1) is 12.2. The number of aliphatic hydroxyl groups excluding tert-OH is 1. The molecule has 6 nitrogen and oxygen atoms in total. The van der Waals surface area contributed by atoms with Gasteiger partial charge in [-0.2, -0.15) is 0 Å². The molecular formula is C20H26O6. The summed E-state index contributed by atoms with van der Waals surface area (Å²) in [6.45, 7) is 5.88. The van der Waals surface area contributed by atoms with Gasteiger partial charge in [-0.05, 0) is 31.1 Å². The minimum atomic E-state index is -1.12. The SMILES string of the molecule is CC1C(=O)C23CC1CCC2C12COC(=O)[C@@H]1C(C)(C)C(O)C[C@@H]2OC3=O. The van der Waals surface area contributed by atoms with E-state index in [9.17, 15) is 19.5 Å². The molecule has 8 atom stereocenters. The second-order valence-electron chi connectivity index (χ2n) is 9.84. The Balaban J connectivity index is 1.72. The number of Topliss-reactive ketones (excluding diaryl/α,β-unsaturated/α-hetero) is 1. The normalized spacial score (nSPS) is 54.1. The van der Waals surface area contributed by atoms with Crippen LogP contribution in [0.3, 0.4) is 0 Å². The molecule has 142 valence electrons. The van der Waals surface area contributed by atoms with Gasteiger partial charge in [0.25, 0.3) is 0 Å². The molecule has 0 aromatic carbocycles. The maximum atomic E-state index is 13.2. The van der Waals surface area contributed by atoms with Crippen LogP contribution in [0.1, 0.15) is 46.5 Å². The Labute approximate surface area is 152 Å². The summed E-state index contributed by atoms with van der Waals surface area (Å²) in [5.41, 5.74) is -2.50. The number of aliphatic hydroxyl groups is 1. The molecule has 0 aromatic rings. The van der Waals surface area contributed by atoms with Crippen molar-refractivity contribution in [2.24, 2.45) is 39.9 Å². The van der Waals surface area contributed by atoms with Crippen LogP contribution < -0.4 is 0 Å². The van der Waals surface area contributed by atoms with Gasteiger partial charge in [-0.3, -0.25) is 14.4 Å². The summed E-state index contributed by atoms with van der Waals surface area (Å²) in [6, 6.07) is 0. The number of hydrogen-bond acceptors (Lipinski definition) is 6. The van der Waals surface area contributed by atoms with E-state index in [4.69, 9.17) is 9.47 Å². The van der Waals surface area contributed by atoms with Gasteiger partial charge in [0, 0.05) is 17.8 Å². The van der Waals surface area contributed by atoms with Crippen molar-refractivity contribution in [3.63, 3.8) is 0 Å². The summed E-state index contributed by atoms with van der Waals surface area (Å²) in [6.07, 6.45) is 1.15. The molecule has 5 rings (SSSR count). The second kappa shape index (κ2) is 4.70. The van der Waals surface area contributed by atoms with Crippen molar-refractivity contribution < 1.29 is 29.0 Å². The van der Waals surface area contributed by atoms with Gasteiger partial charge < -0.3 is 14.6 Å². The molecule has 6 unspecified atom stereocenters. The Morgan fingerprint density at radius 2 is 1.88 bits per heavy atom. The molecule has 2 saturated heterocycles. The smallest absolute Gasteiger partial charge is 0.320 e. The molecular weight excluding hydrogens is 336 g/mol. The van der Waals surface area contributed by atoms with Crippen LogP contribution in [-0.2, 0) is 23.9 Å². The first-order valence-corrected chi connectivity index (χ1v) is 9.77. The highest BCUT2D eigenvalue weighted by molar-refractivity contribution is 6.08. The molecule has 2 bridgehead atoms. The van der Waals surface area contributed by atoms with Crippen molar-refractivity contribution >= 4 is 17.7 Å². The lowest BCUT2D eigenvalue weighted by Gasteiger charge is -2.61. The number of carbonyl (C=O) groups excluding carboxylic acids is 3. The lowest BCUT2D eigenvalue weighted by atomic mass is 9.43. The minimum Gasteiger partial charge on any atom is -0.465 e. The van der Waals surface area contributed by atoms with Crippen molar-refractivity contribution in [2.45, 2.75) is 58.7 Å². The number of ether oxygens (including phenoxy) is 2. The summed E-state index contributed by atoms with van der Waals surface area (Å²) >= 11 is 0. The summed E-state index contributed by atoms with van der Waals surface area (Å²) in [7, 11) is 0. The van der Waals surface area contributed by atoms with Crippen LogP contribution >= 0.6 is 0 Å². The Kier molecular flexibility index (Phi) is 3.02. The largest absolute Gasteiger partial charge is 0.465 e. The molecule has 0 amide bonds. The molecule has 2 heterocycles. The molecule has 5 aliphatic rings. The molecule has 1 N–H and O–H groups in total. The van der Waals surface area contributed by atoms with E-state index >= 15 is 0 Å². The van der Waals surface area contributed by atoms with E-state index in [1.54, 1.807) is 0 Å². The van der Waals surface area contributed by atoms with Gasteiger partial charge in [-0.1, -0.05) is 20.8 Å². The Morgan fingerprint density at radius 3 is 2.62 bits per heavy atom. The number of esters is 2. The zero-order chi connectivity index (χ0) is 18.6. The fourth-order valence-corrected chi connectivity index (χ4v) is 7.35. The maximum absolute atomic E-state index is 13.2. The predicted molar refractivity (Wildman–Crippen MR) is 88.6 cm³/mol. The van der Waals surface area contributed by atoms with E-state index in [1.165, 1.54) is 0 Å². The van der Waals surface area contributed by atoms with Crippen LogP contribution in [0.5, 0.6) is 0 Å². The van der Waals surface area contributed by atoms with Gasteiger partial charge in [-0.15, -0.1) is 0 Å². The van der Waals surface area contributed by atoms with Gasteiger partial charge in [0.2, 0.25) is 0 Å². The number of ketones is 1. The van der Waals surface area contributed by atoms with Gasteiger partial charge in [0.05, 0.1) is 17.4 Å². The number of hydrogen-bond donors (Lipinski definition) is 1. The van der Waals surface area contributed by atoms with Crippen LogP contribution in [0.25, 0.3) is 0 Å². The maximum Gasteiger partial charge on any atom is 0.320 e. The Morgan fingerprint density at radius 1 is 1.15 bits per heavy atom. The number of carbonyl (C=O) groups is 3. The average molecular weight is 362 g/mol. The van der Waals surface area contributed by atoms with E-state index in [0.717, 1.165) is 12.8 Å². The topological polar surface area (TPSA) is 89.9 Å². The molecule has 3 saturated carbocycles. The van der Waals surface area contributed by atoms with Crippen molar-refractivity contribution in [1.29, 1.82) is 0 Å². The molecule has 5 fully saturated rings. The van der Waals surface area contributed by atoms with Gasteiger partial charge in [0.1, 0.15) is 18.1 Å². The average Bonchev–Trinajstić information content (AvgIpc) is 3.03. The summed E-state index contributed by atoms with van der Waals surface area (Å²) in [5, 5.41) is 10.7. The van der Waals surface area contributed by atoms with Crippen molar-refractivity contribution in [1.82, 2.24) is 0 Å². The molecule has 0 aromatic heterocycles. The molecule has 2 aliphatic heterocycles. The van der Waals surface area contributed by atoms with Crippen molar-refractivity contribution in [3.8, 4) is 0 Å². The quantitative estimate of drug-likeness (QED) is 0.519. The minimum absolute atomic E-state index is 0.00940. The van der Waals surface area contributed by atoms with E-state index in [2.05, 4.69) is 0 Å². The highest BCUT2D eigenvalue weighted by Gasteiger charge is 2.79. The standard InChI is InChI=1S/C20H26O6/c1-9-10-4-5-11-19(7-10,15(9)22)17(24)26-13-6-12(21)18(2,3)14-16(23)25-8-20(11,13)14/h9-14,21H,4-8H2,1-3H3/t9?,10?,11?,12?,13-,14+,19?,20?/m0/s1. The first-order valence-electron chi connectivity index (χ1n) is 9.77.